The zero-order chi connectivity index (χ0) is 39.5. The molecule has 16 nitrogen and oxygen atoms in total. The first-order valence-electron chi connectivity index (χ1n) is 17.8. The second kappa shape index (κ2) is 18.5. The lowest BCUT2D eigenvalue weighted by atomic mass is 10.0. The quantitative estimate of drug-likeness (QED) is 0.207. The summed E-state index contributed by atoms with van der Waals surface area (Å²) in [6.07, 6.45) is 0.477. The summed E-state index contributed by atoms with van der Waals surface area (Å²) < 4.78 is 18.0. The van der Waals surface area contributed by atoms with E-state index in [0.29, 0.717) is 22.9 Å². The molecule has 3 aromatic carbocycles. The van der Waals surface area contributed by atoms with Gasteiger partial charge in [-0.1, -0.05) is 48.5 Å². The van der Waals surface area contributed by atoms with Gasteiger partial charge in [0.2, 0.25) is 29.4 Å². The van der Waals surface area contributed by atoms with Crippen molar-refractivity contribution in [3.05, 3.63) is 93.9 Å². The number of aryl methyl sites for hydroxylation is 1. The van der Waals surface area contributed by atoms with Crippen LogP contribution < -0.4 is 41.0 Å². The summed E-state index contributed by atoms with van der Waals surface area (Å²) >= 11 is 0. The van der Waals surface area contributed by atoms with Crippen LogP contribution in [0.1, 0.15) is 35.0 Å². The molecule has 55 heavy (non-hydrogen) atoms. The minimum absolute atomic E-state index is 0.0858. The molecule has 3 heterocycles. The number of fused-ring (bicyclic) bond motifs is 20. The lowest BCUT2D eigenvalue weighted by Gasteiger charge is -2.25. The highest BCUT2D eigenvalue weighted by atomic mass is 16.5. The number of methoxy groups -OCH3 is 2. The molecule has 0 spiro atoms. The smallest absolute Gasteiger partial charge is 0.275 e. The summed E-state index contributed by atoms with van der Waals surface area (Å²) in [4.78, 5) is 81.8. The molecule has 0 saturated heterocycles. The van der Waals surface area contributed by atoms with E-state index < -0.39 is 53.7 Å². The number of hydrogen-bond acceptors (Lipinski definition) is 10. The Morgan fingerprint density at radius 1 is 0.873 bits per heavy atom. The summed E-state index contributed by atoms with van der Waals surface area (Å²) in [5, 5.41) is 16.3. The Morgan fingerprint density at radius 3 is 2.24 bits per heavy atom. The summed E-state index contributed by atoms with van der Waals surface area (Å²) in [6, 6.07) is 16.8. The molecule has 2 bridgehead atoms. The van der Waals surface area contributed by atoms with Gasteiger partial charge >= 0.3 is 0 Å². The molecule has 4 N–H and O–H groups in total. The van der Waals surface area contributed by atoms with Crippen LogP contribution in [-0.4, -0.2) is 103 Å². The monoisotopic (exact) mass is 755 g/mol. The molecule has 2 aliphatic heterocycles. The minimum atomic E-state index is -1.07. The van der Waals surface area contributed by atoms with Crippen molar-refractivity contribution in [1.82, 2.24) is 35.9 Å². The Kier molecular flexibility index (Phi) is 13.4. The highest BCUT2D eigenvalue weighted by Crippen LogP contribution is 2.38. The lowest BCUT2D eigenvalue weighted by molar-refractivity contribution is -0.137. The number of nitrogens with one attached hydrogen (secondary N) is 4. The number of benzene rings is 3. The van der Waals surface area contributed by atoms with E-state index >= 15 is 0 Å². The average Bonchev–Trinajstić information content (AvgIpc) is 3.18. The van der Waals surface area contributed by atoms with Crippen LogP contribution in [0, 0.1) is 6.92 Å². The lowest BCUT2D eigenvalue weighted by Crippen LogP contribution is -2.54. The molecule has 16 heteroatoms. The zero-order valence-corrected chi connectivity index (χ0v) is 31.2. The second-order valence-electron chi connectivity index (χ2n) is 12.9. The van der Waals surface area contributed by atoms with Gasteiger partial charge in [0.15, 0.2) is 11.5 Å². The van der Waals surface area contributed by atoms with Crippen LogP contribution in [-0.2, 0) is 32.1 Å². The SMILES string of the molecule is COc1cc2cc(OC)c1OCCCNC(=O)CN(C(=O)Cn1nc(C)c3ccccc3c1=O)CCNC(=O)[C@@H](Cc1ccccc1)NC(=O)[C@H](C)NC2=O. The maximum atomic E-state index is 13.7. The number of carbonyl (C=O) groups excluding carboxylic acids is 5. The molecule has 0 fully saturated rings. The molecule has 4 aromatic rings. The number of nitrogens with zero attached hydrogens (tertiary/aromatic N) is 3. The molecule has 0 aliphatic carbocycles. The van der Waals surface area contributed by atoms with E-state index in [-0.39, 0.29) is 62.0 Å². The van der Waals surface area contributed by atoms with E-state index in [4.69, 9.17) is 14.2 Å². The molecule has 290 valence electrons. The Bertz CT molecular complexity index is 2080. The van der Waals surface area contributed by atoms with Gasteiger partial charge in [-0.15, -0.1) is 0 Å². The molecule has 5 amide bonds. The number of rotatable bonds is 6. The second-order valence-corrected chi connectivity index (χ2v) is 12.9. The van der Waals surface area contributed by atoms with Gasteiger partial charge in [0.05, 0.1) is 38.5 Å². The summed E-state index contributed by atoms with van der Waals surface area (Å²) in [7, 11) is 2.81. The van der Waals surface area contributed by atoms with Crippen LogP contribution in [0.15, 0.2) is 71.5 Å². The molecular weight excluding hydrogens is 710 g/mol. The standard InChI is InChI=1S/C39H45N7O9/c1-24-28-13-8-9-14-29(28)39(52)46(44-24)23-34(48)45-17-16-41-38(51)30(19-26-11-6-5-7-12-26)43-36(49)25(2)42-37(50)27-20-31(53-3)35(32(21-27)54-4)55-18-10-15-40-33(47)22-45/h5-9,11-14,20-21,25,30H,10,15-19,22-23H2,1-4H3,(H,40,47)(H,41,51)(H,42,50)(H,43,49)/t25-,30+/m0/s1. The zero-order valence-electron chi connectivity index (χ0n) is 31.2. The predicted molar refractivity (Wildman–Crippen MR) is 202 cm³/mol. The third-order valence-electron chi connectivity index (χ3n) is 8.97. The Balaban J connectivity index is 1.41. The van der Waals surface area contributed by atoms with E-state index in [0.717, 1.165) is 10.2 Å². The Labute approximate surface area is 317 Å². The molecule has 0 unspecified atom stereocenters. The Hall–Kier alpha value is -6.45. The Morgan fingerprint density at radius 2 is 1.55 bits per heavy atom. The molecule has 2 aliphatic rings. The molecule has 6 rings (SSSR count). The molecule has 1 aromatic heterocycles. The maximum Gasteiger partial charge on any atom is 0.275 e. The van der Waals surface area contributed by atoms with E-state index in [2.05, 4.69) is 26.4 Å². The van der Waals surface area contributed by atoms with Gasteiger partial charge < -0.3 is 40.4 Å². The van der Waals surface area contributed by atoms with E-state index in [9.17, 15) is 28.8 Å². The fourth-order valence-electron chi connectivity index (χ4n) is 6.03. The third kappa shape index (κ3) is 10.2. The fourth-order valence-corrected chi connectivity index (χ4v) is 6.03. The van der Waals surface area contributed by atoms with Crippen LogP contribution in [0.2, 0.25) is 0 Å². The van der Waals surface area contributed by atoms with Crippen LogP contribution in [0.25, 0.3) is 10.8 Å². The number of hydrogen-bond donors (Lipinski definition) is 4. The molecule has 0 radical (unpaired) electrons. The number of ether oxygens (including phenoxy) is 3. The minimum Gasteiger partial charge on any atom is -0.493 e. The van der Waals surface area contributed by atoms with Crippen LogP contribution in [0.5, 0.6) is 17.2 Å². The van der Waals surface area contributed by atoms with Gasteiger partial charge in [0, 0.05) is 37.0 Å². The summed E-state index contributed by atoms with van der Waals surface area (Å²) in [5.41, 5.74) is 1.00. The number of amides is 5. The first-order valence-corrected chi connectivity index (χ1v) is 17.8. The van der Waals surface area contributed by atoms with Gasteiger partial charge in [-0.05, 0) is 44.0 Å². The predicted octanol–water partition coefficient (Wildman–Crippen LogP) is 1.11. The van der Waals surface area contributed by atoms with Gasteiger partial charge in [0.1, 0.15) is 18.6 Å². The van der Waals surface area contributed by atoms with Gasteiger partial charge in [-0.25, -0.2) is 4.68 Å². The van der Waals surface area contributed by atoms with Crippen LogP contribution in [0.4, 0.5) is 0 Å². The van der Waals surface area contributed by atoms with Crippen LogP contribution >= 0.6 is 0 Å². The van der Waals surface area contributed by atoms with Crippen molar-refractivity contribution in [1.29, 1.82) is 0 Å². The normalized spacial score (nSPS) is 17.8. The van der Waals surface area contributed by atoms with Gasteiger partial charge in [-0.2, -0.15) is 5.10 Å². The van der Waals surface area contributed by atoms with Gasteiger partial charge in [-0.3, -0.25) is 28.8 Å². The first kappa shape index (κ1) is 39.8. The van der Waals surface area contributed by atoms with Crippen molar-refractivity contribution in [2.45, 2.75) is 45.3 Å². The van der Waals surface area contributed by atoms with Crippen molar-refractivity contribution in [2.24, 2.45) is 0 Å². The van der Waals surface area contributed by atoms with Crippen molar-refractivity contribution >= 4 is 40.3 Å². The highest BCUT2D eigenvalue weighted by molar-refractivity contribution is 5.99. The average molecular weight is 756 g/mol. The van der Waals surface area contributed by atoms with Crippen molar-refractivity contribution in [2.75, 3.05) is 47.0 Å². The first-order chi connectivity index (χ1) is 26.5. The van der Waals surface area contributed by atoms with Crippen molar-refractivity contribution < 1.29 is 38.2 Å². The maximum absolute atomic E-state index is 13.7. The fraction of sp³-hybridized carbons (Fsp3) is 0.359. The van der Waals surface area contributed by atoms with E-state index in [1.165, 1.54) is 38.2 Å². The molecule has 2 atom stereocenters. The van der Waals surface area contributed by atoms with Crippen LogP contribution in [0.3, 0.4) is 0 Å². The number of carbonyl (C=O) groups is 5. The summed E-state index contributed by atoms with van der Waals surface area (Å²) in [6.45, 7) is 2.53. The third-order valence-corrected chi connectivity index (χ3v) is 8.97. The molecular formula is C39H45N7O9. The highest BCUT2D eigenvalue weighted by Gasteiger charge is 2.27. The number of aromatic nitrogens is 2. The van der Waals surface area contributed by atoms with Gasteiger partial charge in [0.25, 0.3) is 11.5 Å². The van der Waals surface area contributed by atoms with Crippen molar-refractivity contribution in [3.63, 3.8) is 0 Å². The van der Waals surface area contributed by atoms with E-state index in [1.807, 2.05) is 18.2 Å². The van der Waals surface area contributed by atoms with Crippen molar-refractivity contribution in [3.8, 4) is 17.2 Å². The van der Waals surface area contributed by atoms with E-state index in [1.54, 1.807) is 43.3 Å². The largest absolute Gasteiger partial charge is 0.493 e. The molecule has 0 saturated carbocycles. The summed E-state index contributed by atoms with van der Waals surface area (Å²) in [5.74, 6) is -2.18. The topological polar surface area (TPSA) is 199 Å².